The van der Waals surface area contributed by atoms with Gasteiger partial charge in [-0.1, -0.05) is 83.9 Å². The van der Waals surface area contributed by atoms with Crippen molar-refractivity contribution in [3.05, 3.63) is 106 Å². The van der Waals surface area contributed by atoms with Crippen LogP contribution in [0.5, 0.6) is 0 Å². The van der Waals surface area contributed by atoms with Crippen LogP contribution in [0.4, 0.5) is 0 Å². The van der Waals surface area contributed by atoms with Crippen molar-refractivity contribution in [3.8, 4) is 0 Å². The smallest absolute Gasteiger partial charge is 0.147 e. The average molecular weight is 675 g/mol. The van der Waals surface area contributed by atoms with E-state index in [2.05, 4.69) is 91.3 Å². The molecular formula is C41H62N4O4. The Morgan fingerprint density at radius 2 is 1.04 bits per heavy atom. The maximum absolute atomic E-state index is 11.2. The molecule has 3 aromatic carbocycles. The minimum Gasteiger partial charge on any atom is -0.310 e. The van der Waals surface area contributed by atoms with Gasteiger partial charge in [0.05, 0.1) is 24.7 Å². The number of likely N-dealkylation sites (N-methyl/N-ethyl adjacent to an activating group) is 4. The molecule has 3 atom stereocenters. The lowest BCUT2D eigenvalue weighted by Gasteiger charge is -2.13. The number of hydrogen-bond donors (Lipinski definition) is 3. The highest BCUT2D eigenvalue weighted by Crippen LogP contribution is 2.10. The van der Waals surface area contributed by atoms with Crippen molar-refractivity contribution in [2.75, 3.05) is 41.8 Å². The van der Waals surface area contributed by atoms with Crippen LogP contribution in [0.2, 0.25) is 0 Å². The molecule has 0 spiro atoms. The third-order valence-electron chi connectivity index (χ3n) is 7.82. The van der Waals surface area contributed by atoms with E-state index in [4.69, 9.17) is 0 Å². The zero-order chi connectivity index (χ0) is 37.5. The SMILES string of the molecule is CC(=O)CN(C)C.CN[C@@H](Cc1ccc(C)cc1)C(C)=O.CN[C@@H](Cc1cccc(C)c1)C(C)=O.CN[C@@H](Cc1ccccc1C)C(C)=O. The fraction of sp³-hybridized carbons (Fsp3) is 0.463. The second-order valence-electron chi connectivity index (χ2n) is 12.8. The number of aryl methyl sites for hydroxylation is 3. The van der Waals surface area contributed by atoms with Crippen molar-refractivity contribution in [1.82, 2.24) is 20.9 Å². The minimum atomic E-state index is -0.0592. The van der Waals surface area contributed by atoms with Crippen molar-refractivity contribution in [3.63, 3.8) is 0 Å². The van der Waals surface area contributed by atoms with Crippen molar-refractivity contribution >= 4 is 23.1 Å². The first kappa shape index (κ1) is 45.2. The average Bonchev–Trinajstić information content (AvgIpc) is 3.03. The second kappa shape index (κ2) is 25.2. The van der Waals surface area contributed by atoms with E-state index in [1.54, 1.807) is 27.7 Å². The van der Waals surface area contributed by atoms with Gasteiger partial charge in [0.25, 0.3) is 0 Å². The number of ketones is 4. The van der Waals surface area contributed by atoms with Crippen LogP contribution < -0.4 is 16.0 Å². The molecule has 0 fully saturated rings. The summed E-state index contributed by atoms with van der Waals surface area (Å²) in [6, 6.07) is 24.5. The standard InChI is InChI=1S/3C12H17NO.C5H11NO/c1-9-4-6-11(7-5-9)8-12(13-3)10(2)14;1-9-5-4-6-11(7-9)8-12(13-3)10(2)14;1-9-6-4-5-7-11(9)8-12(13-3)10(2)14;1-5(7)4-6(2)3/h3*4-7,12-13H,8H2,1-3H3;4H2,1-3H3/t3*12-;/m000./s1. The third-order valence-corrected chi connectivity index (χ3v) is 7.82. The van der Waals surface area contributed by atoms with E-state index in [-0.39, 0.29) is 41.3 Å². The van der Waals surface area contributed by atoms with Gasteiger partial charge in [-0.2, -0.15) is 0 Å². The van der Waals surface area contributed by atoms with Gasteiger partial charge in [0, 0.05) is 0 Å². The van der Waals surface area contributed by atoms with Crippen molar-refractivity contribution < 1.29 is 19.2 Å². The van der Waals surface area contributed by atoms with E-state index in [0.29, 0.717) is 6.54 Å². The van der Waals surface area contributed by atoms with Crippen LogP contribution in [0.1, 0.15) is 61.1 Å². The first-order valence-electron chi connectivity index (χ1n) is 16.9. The second-order valence-corrected chi connectivity index (χ2v) is 12.8. The predicted molar refractivity (Wildman–Crippen MR) is 204 cm³/mol. The maximum Gasteiger partial charge on any atom is 0.147 e. The lowest BCUT2D eigenvalue weighted by Crippen LogP contribution is -2.34. The lowest BCUT2D eigenvalue weighted by atomic mass is 9.99. The quantitative estimate of drug-likeness (QED) is 0.212. The van der Waals surface area contributed by atoms with E-state index in [9.17, 15) is 19.2 Å². The molecule has 0 aromatic heterocycles. The van der Waals surface area contributed by atoms with Gasteiger partial charge in [-0.05, 0) is 125 Å². The van der Waals surface area contributed by atoms with Crippen LogP contribution in [0.25, 0.3) is 0 Å². The summed E-state index contributed by atoms with van der Waals surface area (Å²) in [5.74, 6) is 0.780. The molecule has 270 valence electrons. The highest BCUT2D eigenvalue weighted by atomic mass is 16.1. The summed E-state index contributed by atoms with van der Waals surface area (Å²) in [4.78, 5) is 45.7. The Morgan fingerprint density at radius 3 is 1.43 bits per heavy atom. The van der Waals surface area contributed by atoms with Crippen LogP contribution >= 0.6 is 0 Å². The number of carbonyl (C=O) groups excluding carboxylic acids is 4. The number of Topliss-reactive ketones (excluding diaryl/α,β-unsaturated/α-hetero) is 4. The first-order valence-corrected chi connectivity index (χ1v) is 16.9. The Hall–Kier alpha value is -3.82. The molecule has 0 amide bonds. The Labute approximate surface area is 296 Å². The highest BCUT2D eigenvalue weighted by molar-refractivity contribution is 5.82. The number of nitrogens with one attached hydrogen (secondary N) is 3. The van der Waals surface area contributed by atoms with Crippen LogP contribution in [0.3, 0.4) is 0 Å². The largest absolute Gasteiger partial charge is 0.310 e. The topological polar surface area (TPSA) is 108 Å². The molecule has 0 heterocycles. The van der Waals surface area contributed by atoms with Gasteiger partial charge in [0.15, 0.2) is 0 Å². The molecule has 0 aliphatic rings. The van der Waals surface area contributed by atoms with Crippen molar-refractivity contribution in [2.24, 2.45) is 0 Å². The Bertz CT molecular complexity index is 1420. The summed E-state index contributed by atoms with van der Waals surface area (Å²) in [6.45, 7) is 13.2. The summed E-state index contributed by atoms with van der Waals surface area (Å²) in [5.41, 5.74) is 7.37. The van der Waals surface area contributed by atoms with E-state index in [1.807, 2.05) is 58.3 Å². The molecule has 8 nitrogen and oxygen atoms in total. The summed E-state index contributed by atoms with van der Waals surface area (Å²) >= 11 is 0. The lowest BCUT2D eigenvalue weighted by molar-refractivity contribution is -0.119. The summed E-state index contributed by atoms with van der Waals surface area (Å²) in [6.07, 6.45) is 2.32. The summed E-state index contributed by atoms with van der Waals surface area (Å²) in [7, 11) is 9.22. The molecule has 0 bridgehead atoms. The molecule has 49 heavy (non-hydrogen) atoms. The number of hydrogen-bond acceptors (Lipinski definition) is 8. The molecule has 0 radical (unpaired) electrons. The van der Waals surface area contributed by atoms with E-state index in [0.717, 1.165) is 19.3 Å². The van der Waals surface area contributed by atoms with E-state index < -0.39 is 0 Å². The normalized spacial score (nSPS) is 12.1. The zero-order valence-corrected chi connectivity index (χ0v) is 32.1. The van der Waals surface area contributed by atoms with Gasteiger partial charge in [-0.25, -0.2) is 0 Å². The molecule has 3 N–H and O–H groups in total. The summed E-state index contributed by atoms with van der Waals surface area (Å²) in [5, 5.41) is 9.06. The van der Waals surface area contributed by atoms with Crippen LogP contribution in [0, 0.1) is 20.8 Å². The molecule has 3 rings (SSSR count). The number of benzene rings is 3. The number of carbonyl (C=O) groups is 4. The predicted octanol–water partition coefficient (Wildman–Crippen LogP) is 5.28. The fourth-order valence-electron chi connectivity index (χ4n) is 4.89. The van der Waals surface area contributed by atoms with Gasteiger partial charge in [-0.15, -0.1) is 0 Å². The van der Waals surface area contributed by atoms with Crippen molar-refractivity contribution in [2.45, 2.75) is 85.9 Å². The molecule has 0 aliphatic carbocycles. The number of rotatable bonds is 14. The zero-order valence-electron chi connectivity index (χ0n) is 32.1. The van der Waals surface area contributed by atoms with Gasteiger partial charge < -0.3 is 20.9 Å². The van der Waals surface area contributed by atoms with Gasteiger partial charge in [0.1, 0.15) is 23.1 Å². The molecule has 8 heteroatoms. The highest BCUT2D eigenvalue weighted by Gasteiger charge is 2.14. The van der Waals surface area contributed by atoms with Crippen LogP contribution in [0.15, 0.2) is 72.8 Å². The molecular weight excluding hydrogens is 612 g/mol. The third kappa shape index (κ3) is 21.0. The Morgan fingerprint density at radius 1 is 0.571 bits per heavy atom. The van der Waals surface area contributed by atoms with Crippen LogP contribution in [-0.2, 0) is 38.4 Å². The molecule has 0 saturated carbocycles. The van der Waals surface area contributed by atoms with Crippen LogP contribution in [-0.4, -0.2) is 87.9 Å². The monoisotopic (exact) mass is 674 g/mol. The Balaban J connectivity index is 0.000000645. The number of nitrogens with zero attached hydrogens (tertiary/aromatic N) is 1. The molecule has 0 unspecified atom stereocenters. The molecule has 0 saturated heterocycles. The molecule has 3 aromatic rings. The van der Waals surface area contributed by atoms with Gasteiger partial charge >= 0.3 is 0 Å². The van der Waals surface area contributed by atoms with Gasteiger partial charge in [0.2, 0.25) is 0 Å². The summed E-state index contributed by atoms with van der Waals surface area (Å²) < 4.78 is 0. The van der Waals surface area contributed by atoms with Gasteiger partial charge in [-0.3, -0.25) is 19.2 Å². The molecule has 0 aliphatic heterocycles. The van der Waals surface area contributed by atoms with E-state index in [1.165, 1.54) is 33.4 Å². The maximum atomic E-state index is 11.2. The fourth-order valence-corrected chi connectivity index (χ4v) is 4.89. The first-order chi connectivity index (χ1) is 23.0. The minimum absolute atomic E-state index is 0.0577. The van der Waals surface area contributed by atoms with Crippen molar-refractivity contribution in [1.29, 1.82) is 0 Å². The Kier molecular flexibility index (Phi) is 23.2. The van der Waals surface area contributed by atoms with E-state index >= 15 is 0 Å².